The van der Waals surface area contributed by atoms with Crippen LogP contribution in [0.2, 0.25) is 10.0 Å². The molecule has 7 heteroatoms. The van der Waals surface area contributed by atoms with Gasteiger partial charge in [0.05, 0.1) is 29.4 Å². The summed E-state index contributed by atoms with van der Waals surface area (Å²) in [5.41, 5.74) is 4.85. The molecule has 0 bridgehead atoms. The Balaban J connectivity index is 1.58. The molecule has 0 saturated carbocycles. The van der Waals surface area contributed by atoms with Gasteiger partial charge in [-0.25, -0.2) is 0 Å². The van der Waals surface area contributed by atoms with Gasteiger partial charge >= 0.3 is 0 Å². The third-order valence-electron chi connectivity index (χ3n) is 6.00. The number of halogens is 2. The predicted octanol–water partition coefficient (Wildman–Crippen LogP) is 6.53. The number of para-hydroxylation sites is 2. The number of nitrogens with zero attached hydrogens (tertiary/aromatic N) is 2. The zero-order valence-electron chi connectivity index (χ0n) is 18.8. The Hall–Kier alpha value is -3.28. The van der Waals surface area contributed by atoms with Crippen molar-refractivity contribution in [3.05, 3.63) is 88.0 Å². The number of nitrogens with one attached hydrogen (secondary N) is 1. The molecule has 5 rings (SSSR count). The van der Waals surface area contributed by atoms with E-state index in [2.05, 4.69) is 5.32 Å². The maximum Gasteiger partial charge on any atom is 0.255 e. The van der Waals surface area contributed by atoms with Crippen molar-refractivity contribution in [2.75, 3.05) is 25.6 Å². The first-order valence-corrected chi connectivity index (χ1v) is 11.8. The zero-order valence-corrected chi connectivity index (χ0v) is 20.3. The van der Waals surface area contributed by atoms with Crippen LogP contribution in [0.5, 0.6) is 5.75 Å². The molecule has 0 fully saturated rings. The molecule has 1 atom stereocenters. The summed E-state index contributed by atoms with van der Waals surface area (Å²) in [6, 6.07) is 19.0. The average Bonchev–Trinajstić information content (AvgIpc) is 2.82. The molecule has 1 amide bonds. The van der Waals surface area contributed by atoms with Gasteiger partial charge < -0.3 is 15.0 Å². The SMILES string of the molecule is CN(C)c1c(C(=O)N[C@H]2CCOc3ccccc32)cnc2c(-c3cc(Cl)cc(Cl)c3)cccc12. The van der Waals surface area contributed by atoms with Crippen molar-refractivity contribution in [2.24, 2.45) is 0 Å². The van der Waals surface area contributed by atoms with E-state index in [4.69, 9.17) is 32.9 Å². The van der Waals surface area contributed by atoms with Crippen molar-refractivity contribution in [2.45, 2.75) is 12.5 Å². The minimum atomic E-state index is -0.170. The van der Waals surface area contributed by atoms with Crippen LogP contribution in [0.3, 0.4) is 0 Å². The summed E-state index contributed by atoms with van der Waals surface area (Å²) in [6.07, 6.45) is 2.36. The van der Waals surface area contributed by atoms with Crippen LogP contribution in [-0.4, -0.2) is 31.6 Å². The van der Waals surface area contributed by atoms with E-state index in [1.165, 1.54) is 0 Å². The van der Waals surface area contributed by atoms with Crippen LogP contribution in [0.15, 0.2) is 66.9 Å². The van der Waals surface area contributed by atoms with Crippen molar-refractivity contribution in [1.29, 1.82) is 0 Å². The highest BCUT2D eigenvalue weighted by Crippen LogP contribution is 2.37. The van der Waals surface area contributed by atoms with E-state index in [0.29, 0.717) is 28.6 Å². The molecule has 5 nitrogen and oxygen atoms in total. The molecule has 4 aromatic rings. The molecule has 0 radical (unpaired) electrons. The number of carbonyl (C=O) groups is 1. The summed E-state index contributed by atoms with van der Waals surface area (Å²) in [4.78, 5) is 20.2. The minimum Gasteiger partial charge on any atom is -0.493 e. The third-order valence-corrected chi connectivity index (χ3v) is 6.43. The van der Waals surface area contributed by atoms with Gasteiger partial charge in [-0.1, -0.05) is 59.6 Å². The highest BCUT2D eigenvalue weighted by atomic mass is 35.5. The van der Waals surface area contributed by atoms with Gasteiger partial charge in [-0.15, -0.1) is 0 Å². The fourth-order valence-electron chi connectivity index (χ4n) is 4.53. The maximum atomic E-state index is 13.5. The van der Waals surface area contributed by atoms with Crippen molar-refractivity contribution >= 4 is 45.7 Å². The lowest BCUT2D eigenvalue weighted by molar-refractivity contribution is 0.0925. The van der Waals surface area contributed by atoms with Crippen molar-refractivity contribution in [3.63, 3.8) is 0 Å². The lowest BCUT2D eigenvalue weighted by Gasteiger charge is -2.27. The highest BCUT2D eigenvalue weighted by molar-refractivity contribution is 6.35. The molecule has 0 spiro atoms. The minimum absolute atomic E-state index is 0.122. The van der Waals surface area contributed by atoms with Crippen molar-refractivity contribution in [1.82, 2.24) is 10.3 Å². The molecule has 34 heavy (non-hydrogen) atoms. The molecule has 2 heterocycles. The number of rotatable bonds is 4. The van der Waals surface area contributed by atoms with Gasteiger partial charge in [0.25, 0.3) is 5.91 Å². The number of hydrogen-bond acceptors (Lipinski definition) is 4. The second-order valence-corrected chi connectivity index (χ2v) is 9.35. The van der Waals surface area contributed by atoms with Gasteiger partial charge in [0.2, 0.25) is 0 Å². The maximum absolute atomic E-state index is 13.5. The average molecular weight is 492 g/mol. The van der Waals surface area contributed by atoms with E-state index in [1.54, 1.807) is 12.3 Å². The molecule has 0 aliphatic carbocycles. The van der Waals surface area contributed by atoms with Crippen molar-refractivity contribution in [3.8, 4) is 16.9 Å². The normalized spacial score (nSPS) is 14.9. The lowest BCUT2D eigenvalue weighted by Crippen LogP contribution is -2.33. The van der Waals surface area contributed by atoms with Crippen LogP contribution in [0.25, 0.3) is 22.0 Å². The number of hydrogen-bond donors (Lipinski definition) is 1. The quantitative estimate of drug-likeness (QED) is 0.352. The molecular formula is C27H23Cl2N3O2. The third kappa shape index (κ3) is 4.17. The molecule has 1 N–H and O–H groups in total. The summed E-state index contributed by atoms with van der Waals surface area (Å²) in [5.74, 6) is 0.643. The van der Waals surface area contributed by atoms with Gasteiger partial charge in [-0.2, -0.15) is 0 Å². The topological polar surface area (TPSA) is 54.5 Å². The van der Waals surface area contributed by atoms with Crippen LogP contribution >= 0.6 is 23.2 Å². The van der Waals surface area contributed by atoms with Gasteiger partial charge in [0.15, 0.2) is 0 Å². The van der Waals surface area contributed by atoms with Gasteiger partial charge in [0.1, 0.15) is 5.75 Å². The summed E-state index contributed by atoms with van der Waals surface area (Å²) >= 11 is 12.5. The number of carbonyl (C=O) groups excluding carboxylic acids is 1. The smallest absolute Gasteiger partial charge is 0.255 e. The fraction of sp³-hybridized carbons (Fsp3) is 0.185. The number of fused-ring (bicyclic) bond motifs is 2. The monoisotopic (exact) mass is 491 g/mol. The number of ether oxygens (including phenoxy) is 1. The first kappa shape index (κ1) is 22.5. The van der Waals surface area contributed by atoms with E-state index in [0.717, 1.165) is 39.0 Å². The van der Waals surface area contributed by atoms with E-state index < -0.39 is 0 Å². The number of amides is 1. The standard InChI is InChI=1S/C27H23Cl2N3O2/c1-32(2)26-21-8-5-7-19(16-12-17(28)14-18(29)13-16)25(21)30-15-22(26)27(33)31-23-10-11-34-24-9-4-3-6-20(23)24/h3-9,12-15,23H,10-11H2,1-2H3,(H,31,33)/t23-/m0/s1. The van der Waals surface area contributed by atoms with E-state index >= 15 is 0 Å². The van der Waals surface area contributed by atoms with Crippen LogP contribution in [0.1, 0.15) is 28.4 Å². The number of pyridine rings is 1. The highest BCUT2D eigenvalue weighted by Gasteiger charge is 2.25. The first-order valence-electron chi connectivity index (χ1n) is 11.0. The molecule has 1 aliphatic rings. The fourth-order valence-corrected chi connectivity index (χ4v) is 5.05. The van der Waals surface area contributed by atoms with Crippen LogP contribution in [-0.2, 0) is 0 Å². The molecule has 0 saturated heterocycles. The summed E-state index contributed by atoms with van der Waals surface area (Å²) in [7, 11) is 3.86. The molecule has 1 aromatic heterocycles. The molecule has 3 aromatic carbocycles. The number of benzene rings is 3. The molecule has 0 unspecified atom stereocenters. The van der Waals surface area contributed by atoms with Crippen LogP contribution < -0.4 is 15.0 Å². The Kier molecular flexibility index (Phi) is 6.07. The molecule has 1 aliphatic heterocycles. The zero-order chi connectivity index (χ0) is 23.8. The molecular weight excluding hydrogens is 469 g/mol. The summed E-state index contributed by atoms with van der Waals surface area (Å²) in [6.45, 7) is 0.560. The number of aromatic nitrogens is 1. The summed E-state index contributed by atoms with van der Waals surface area (Å²) in [5, 5.41) is 5.18. The van der Waals surface area contributed by atoms with E-state index in [9.17, 15) is 4.79 Å². The van der Waals surface area contributed by atoms with Crippen LogP contribution in [0, 0.1) is 0 Å². The Labute approximate surface area is 208 Å². The van der Waals surface area contributed by atoms with Crippen molar-refractivity contribution < 1.29 is 9.53 Å². The Morgan fingerprint density at radius 2 is 1.82 bits per heavy atom. The Morgan fingerprint density at radius 1 is 1.06 bits per heavy atom. The Bertz CT molecular complexity index is 1380. The van der Waals surface area contributed by atoms with E-state index in [1.807, 2.05) is 73.6 Å². The number of anilines is 1. The molecule has 172 valence electrons. The predicted molar refractivity (Wildman–Crippen MR) is 138 cm³/mol. The van der Waals surface area contributed by atoms with E-state index in [-0.39, 0.29) is 11.9 Å². The van der Waals surface area contributed by atoms with Crippen LogP contribution in [0.4, 0.5) is 5.69 Å². The van der Waals surface area contributed by atoms with Gasteiger partial charge in [0, 0.05) is 53.3 Å². The lowest BCUT2D eigenvalue weighted by atomic mass is 9.98. The largest absolute Gasteiger partial charge is 0.493 e. The second kappa shape index (κ2) is 9.16. The Morgan fingerprint density at radius 3 is 2.59 bits per heavy atom. The second-order valence-electron chi connectivity index (χ2n) is 8.48. The summed E-state index contributed by atoms with van der Waals surface area (Å²) < 4.78 is 5.74. The first-order chi connectivity index (χ1) is 16.4. The van der Waals surface area contributed by atoms with Gasteiger partial charge in [-0.3, -0.25) is 9.78 Å². The van der Waals surface area contributed by atoms with Gasteiger partial charge in [-0.05, 0) is 29.8 Å².